The maximum atomic E-state index is 13.0. The van der Waals surface area contributed by atoms with Crippen LogP contribution in [0.25, 0.3) is 0 Å². The Hall–Kier alpha value is -0.110. The van der Waals surface area contributed by atoms with Gasteiger partial charge in [0.1, 0.15) is 6.17 Å². The van der Waals surface area contributed by atoms with Gasteiger partial charge in [-0.15, -0.1) is 0 Å². The summed E-state index contributed by atoms with van der Waals surface area (Å²) in [5, 5.41) is 3.36. The Labute approximate surface area is 67.4 Å². The third-order valence-electron chi connectivity index (χ3n) is 3.42. The number of fused-ring (bicyclic) bond motifs is 1. The summed E-state index contributed by atoms with van der Waals surface area (Å²) >= 11 is 0. The van der Waals surface area contributed by atoms with Crippen LogP contribution >= 0.6 is 0 Å². The van der Waals surface area contributed by atoms with Crippen LogP contribution in [0, 0.1) is 11.3 Å². The molecule has 64 valence electrons. The molecular weight excluding hydrogens is 141 g/mol. The smallest absolute Gasteiger partial charge is 0.101 e. The number of hydrogen-bond donors (Lipinski definition) is 1. The normalized spacial score (nSPS) is 50.7. The SMILES string of the molecule is C[C@@]12CNCC1CC[C@@H](F)C2. The van der Waals surface area contributed by atoms with Gasteiger partial charge in [0, 0.05) is 6.54 Å². The van der Waals surface area contributed by atoms with Crippen molar-refractivity contribution >= 4 is 0 Å². The standard InChI is InChI=1S/C9H16FN/c1-9-4-8(10)3-2-7(9)5-11-6-9/h7-8,11H,2-6H2,1H3/t7?,8-,9-/m1/s1. The first kappa shape index (κ1) is 7.53. The topological polar surface area (TPSA) is 12.0 Å². The molecule has 0 spiro atoms. The minimum atomic E-state index is -0.531. The lowest BCUT2D eigenvalue weighted by Crippen LogP contribution is -2.34. The summed E-state index contributed by atoms with van der Waals surface area (Å²) in [5.41, 5.74) is 0.275. The molecule has 2 rings (SSSR count). The minimum absolute atomic E-state index is 0.275. The van der Waals surface area contributed by atoms with E-state index in [-0.39, 0.29) is 5.41 Å². The van der Waals surface area contributed by atoms with E-state index in [1.54, 1.807) is 0 Å². The van der Waals surface area contributed by atoms with Crippen LogP contribution in [-0.4, -0.2) is 19.3 Å². The van der Waals surface area contributed by atoms with Gasteiger partial charge in [-0.05, 0) is 37.1 Å². The largest absolute Gasteiger partial charge is 0.316 e. The molecule has 1 aliphatic heterocycles. The van der Waals surface area contributed by atoms with Gasteiger partial charge in [-0.2, -0.15) is 0 Å². The maximum absolute atomic E-state index is 13.0. The zero-order valence-electron chi connectivity index (χ0n) is 7.07. The highest BCUT2D eigenvalue weighted by atomic mass is 19.1. The molecule has 2 heteroatoms. The Morgan fingerprint density at radius 2 is 2.27 bits per heavy atom. The van der Waals surface area contributed by atoms with Gasteiger partial charge in [0.05, 0.1) is 0 Å². The number of alkyl halides is 1. The van der Waals surface area contributed by atoms with Crippen molar-refractivity contribution in [2.45, 2.75) is 32.4 Å². The molecule has 0 aromatic heterocycles. The number of hydrogen-bond acceptors (Lipinski definition) is 1. The van der Waals surface area contributed by atoms with Crippen molar-refractivity contribution in [2.24, 2.45) is 11.3 Å². The first-order valence-corrected chi connectivity index (χ1v) is 4.55. The quantitative estimate of drug-likeness (QED) is 0.564. The summed E-state index contributed by atoms with van der Waals surface area (Å²) < 4.78 is 13.0. The van der Waals surface area contributed by atoms with E-state index in [0.717, 1.165) is 38.3 Å². The van der Waals surface area contributed by atoms with E-state index in [1.165, 1.54) is 0 Å². The lowest BCUT2D eigenvalue weighted by molar-refractivity contribution is 0.0960. The Morgan fingerprint density at radius 1 is 1.45 bits per heavy atom. The van der Waals surface area contributed by atoms with E-state index in [9.17, 15) is 4.39 Å². The molecule has 0 radical (unpaired) electrons. The molecule has 2 fully saturated rings. The highest BCUT2D eigenvalue weighted by Crippen LogP contribution is 2.43. The van der Waals surface area contributed by atoms with Gasteiger partial charge in [-0.25, -0.2) is 4.39 Å². The maximum Gasteiger partial charge on any atom is 0.101 e. The average molecular weight is 157 g/mol. The molecule has 1 aliphatic carbocycles. The van der Waals surface area contributed by atoms with Crippen LogP contribution in [0.15, 0.2) is 0 Å². The molecule has 3 atom stereocenters. The van der Waals surface area contributed by atoms with Crippen LogP contribution < -0.4 is 5.32 Å². The van der Waals surface area contributed by atoms with E-state index >= 15 is 0 Å². The molecule has 1 N–H and O–H groups in total. The van der Waals surface area contributed by atoms with Crippen LogP contribution in [0.5, 0.6) is 0 Å². The lowest BCUT2D eigenvalue weighted by Gasteiger charge is -2.36. The zero-order valence-corrected chi connectivity index (χ0v) is 7.07. The number of halogens is 1. The van der Waals surface area contributed by atoms with Gasteiger partial charge in [0.25, 0.3) is 0 Å². The molecule has 11 heavy (non-hydrogen) atoms. The van der Waals surface area contributed by atoms with Crippen molar-refractivity contribution < 1.29 is 4.39 Å². The van der Waals surface area contributed by atoms with Crippen molar-refractivity contribution in [3.05, 3.63) is 0 Å². The molecule has 1 saturated heterocycles. The van der Waals surface area contributed by atoms with Crippen LogP contribution in [-0.2, 0) is 0 Å². The van der Waals surface area contributed by atoms with Gasteiger partial charge in [-0.3, -0.25) is 0 Å². The van der Waals surface area contributed by atoms with Crippen molar-refractivity contribution in [2.75, 3.05) is 13.1 Å². The molecule has 0 bridgehead atoms. The summed E-state index contributed by atoms with van der Waals surface area (Å²) in [4.78, 5) is 0. The molecule has 1 heterocycles. The van der Waals surface area contributed by atoms with E-state index in [1.807, 2.05) is 0 Å². The van der Waals surface area contributed by atoms with Crippen LogP contribution in [0.4, 0.5) is 4.39 Å². The first-order valence-electron chi connectivity index (χ1n) is 4.55. The average Bonchev–Trinajstić information content (AvgIpc) is 2.28. The summed E-state index contributed by atoms with van der Waals surface area (Å²) in [6.45, 7) is 4.37. The fraction of sp³-hybridized carbons (Fsp3) is 1.00. The van der Waals surface area contributed by atoms with Gasteiger partial charge < -0.3 is 5.32 Å². The van der Waals surface area contributed by atoms with Crippen molar-refractivity contribution in [3.63, 3.8) is 0 Å². The Balaban J connectivity index is 2.10. The molecule has 0 aromatic carbocycles. The molecule has 1 unspecified atom stereocenters. The van der Waals surface area contributed by atoms with E-state index in [4.69, 9.17) is 0 Å². The van der Waals surface area contributed by atoms with Crippen LogP contribution in [0.2, 0.25) is 0 Å². The van der Waals surface area contributed by atoms with E-state index in [0.29, 0.717) is 0 Å². The predicted molar refractivity (Wildman–Crippen MR) is 43.2 cm³/mol. The van der Waals surface area contributed by atoms with E-state index in [2.05, 4.69) is 12.2 Å². The predicted octanol–water partition coefficient (Wildman–Crippen LogP) is 1.73. The fourth-order valence-electron chi connectivity index (χ4n) is 2.60. The molecule has 2 aliphatic rings. The Kier molecular flexibility index (Phi) is 1.67. The highest BCUT2D eigenvalue weighted by molar-refractivity contribution is 4.96. The third kappa shape index (κ3) is 1.18. The van der Waals surface area contributed by atoms with Crippen molar-refractivity contribution in [1.82, 2.24) is 5.32 Å². The summed E-state index contributed by atoms with van der Waals surface area (Å²) in [6, 6.07) is 0. The molecule has 0 aromatic rings. The summed E-state index contributed by atoms with van der Waals surface area (Å²) in [5.74, 6) is 0.745. The second-order valence-corrected chi connectivity index (χ2v) is 4.36. The summed E-state index contributed by atoms with van der Waals surface area (Å²) in [7, 11) is 0. The molecule has 1 saturated carbocycles. The van der Waals surface area contributed by atoms with Gasteiger partial charge in [0.15, 0.2) is 0 Å². The van der Waals surface area contributed by atoms with Gasteiger partial charge in [-0.1, -0.05) is 6.92 Å². The number of rotatable bonds is 0. The zero-order chi connectivity index (χ0) is 7.90. The molecule has 0 amide bonds. The first-order chi connectivity index (χ1) is 5.21. The fourth-order valence-corrected chi connectivity index (χ4v) is 2.60. The molecular formula is C9H16FN. The third-order valence-corrected chi connectivity index (χ3v) is 3.42. The summed E-state index contributed by atoms with van der Waals surface area (Å²) in [6.07, 6.45) is 2.13. The Bertz CT molecular complexity index is 160. The van der Waals surface area contributed by atoms with Crippen LogP contribution in [0.3, 0.4) is 0 Å². The monoisotopic (exact) mass is 157 g/mol. The lowest BCUT2D eigenvalue weighted by atomic mass is 9.69. The molecule has 1 nitrogen and oxygen atoms in total. The van der Waals surface area contributed by atoms with Crippen LogP contribution in [0.1, 0.15) is 26.2 Å². The van der Waals surface area contributed by atoms with Crippen molar-refractivity contribution in [1.29, 1.82) is 0 Å². The highest BCUT2D eigenvalue weighted by Gasteiger charge is 2.43. The van der Waals surface area contributed by atoms with E-state index < -0.39 is 6.17 Å². The minimum Gasteiger partial charge on any atom is -0.316 e. The number of nitrogens with one attached hydrogen (secondary N) is 1. The Morgan fingerprint density at radius 3 is 3.09 bits per heavy atom. The second kappa shape index (κ2) is 2.44. The van der Waals surface area contributed by atoms with Gasteiger partial charge in [0.2, 0.25) is 0 Å². The van der Waals surface area contributed by atoms with Crippen molar-refractivity contribution in [3.8, 4) is 0 Å². The second-order valence-electron chi connectivity index (χ2n) is 4.36. The van der Waals surface area contributed by atoms with Gasteiger partial charge >= 0.3 is 0 Å².